The van der Waals surface area contributed by atoms with Gasteiger partial charge in [-0.2, -0.15) is 0 Å². The van der Waals surface area contributed by atoms with Gasteiger partial charge in [0, 0.05) is 30.1 Å². The fraction of sp³-hybridized carbons (Fsp3) is 0.227. The molecule has 7 nitrogen and oxygen atoms in total. The summed E-state index contributed by atoms with van der Waals surface area (Å²) in [6.07, 6.45) is 5.92. The van der Waals surface area contributed by atoms with E-state index in [0.717, 1.165) is 5.69 Å². The van der Waals surface area contributed by atoms with Gasteiger partial charge in [-0.1, -0.05) is 11.6 Å². The van der Waals surface area contributed by atoms with Crippen molar-refractivity contribution in [3.05, 3.63) is 65.7 Å². The van der Waals surface area contributed by atoms with Crippen LogP contribution in [0.5, 0.6) is 11.5 Å². The molecule has 1 heterocycles. The molecule has 0 aliphatic heterocycles. The molecular weight excluding hydrogens is 406 g/mol. The molecule has 0 unspecified atom stereocenters. The van der Waals surface area contributed by atoms with E-state index in [1.54, 1.807) is 53.6 Å². The zero-order valence-corrected chi connectivity index (χ0v) is 17.5. The molecule has 0 saturated heterocycles. The fourth-order valence-corrected chi connectivity index (χ4v) is 3.12. The lowest BCUT2D eigenvalue weighted by molar-refractivity contribution is -0.116. The van der Waals surface area contributed by atoms with Gasteiger partial charge in [0.15, 0.2) is 17.3 Å². The number of aromatic nitrogens is 2. The van der Waals surface area contributed by atoms with Crippen LogP contribution in [0.4, 0.5) is 5.69 Å². The predicted octanol–water partition coefficient (Wildman–Crippen LogP) is 4.53. The highest BCUT2D eigenvalue weighted by molar-refractivity contribution is 6.32. The van der Waals surface area contributed by atoms with Gasteiger partial charge < -0.3 is 19.4 Å². The Morgan fingerprint density at radius 2 is 2.00 bits per heavy atom. The number of hydrogen-bond donors (Lipinski definition) is 1. The lowest BCUT2D eigenvalue weighted by atomic mass is 10.1. The molecule has 30 heavy (non-hydrogen) atoms. The molecule has 3 aromatic rings. The Kier molecular flexibility index (Phi) is 7.08. The standard InChI is InChI=1S/C22H22ClN3O4/c1-15(27)16-5-8-20(21(12-16)29-2)30-11-3-4-22(28)25-17-6-7-19(18(23)13-17)26-10-9-24-14-26/h5-10,12-14H,3-4,11H2,1-2H3,(H,25,28). The van der Waals surface area contributed by atoms with E-state index in [4.69, 9.17) is 21.1 Å². The summed E-state index contributed by atoms with van der Waals surface area (Å²) in [6, 6.07) is 10.3. The van der Waals surface area contributed by atoms with Gasteiger partial charge in [-0.05, 0) is 49.7 Å². The van der Waals surface area contributed by atoms with E-state index >= 15 is 0 Å². The average Bonchev–Trinajstić information content (AvgIpc) is 3.25. The minimum Gasteiger partial charge on any atom is -0.493 e. The fourth-order valence-electron chi connectivity index (χ4n) is 2.84. The first-order valence-electron chi connectivity index (χ1n) is 9.37. The van der Waals surface area contributed by atoms with Gasteiger partial charge in [-0.3, -0.25) is 9.59 Å². The van der Waals surface area contributed by atoms with Crippen molar-refractivity contribution in [2.24, 2.45) is 0 Å². The first-order chi connectivity index (χ1) is 14.5. The summed E-state index contributed by atoms with van der Waals surface area (Å²) in [7, 11) is 1.52. The summed E-state index contributed by atoms with van der Waals surface area (Å²) in [6.45, 7) is 1.83. The van der Waals surface area contributed by atoms with Gasteiger partial charge in [-0.25, -0.2) is 4.98 Å². The van der Waals surface area contributed by atoms with Gasteiger partial charge in [0.05, 0.1) is 30.8 Å². The number of imidazole rings is 1. The molecule has 0 bridgehead atoms. The zero-order chi connectivity index (χ0) is 21.5. The quantitative estimate of drug-likeness (QED) is 0.400. The highest BCUT2D eigenvalue weighted by Crippen LogP contribution is 2.28. The van der Waals surface area contributed by atoms with E-state index in [2.05, 4.69) is 10.3 Å². The first kappa shape index (κ1) is 21.4. The van der Waals surface area contributed by atoms with Crippen LogP contribution in [0.25, 0.3) is 5.69 Å². The Hall–Kier alpha value is -3.32. The van der Waals surface area contributed by atoms with Gasteiger partial charge >= 0.3 is 0 Å². The molecule has 0 spiro atoms. The van der Waals surface area contributed by atoms with Crippen LogP contribution in [0.3, 0.4) is 0 Å². The average molecular weight is 428 g/mol. The third kappa shape index (κ3) is 5.39. The molecule has 2 aromatic carbocycles. The van der Waals surface area contributed by atoms with Crippen molar-refractivity contribution in [2.75, 3.05) is 19.0 Å². The molecule has 0 fully saturated rings. The number of rotatable bonds is 9. The molecule has 0 saturated carbocycles. The molecule has 156 valence electrons. The van der Waals surface area contributed by atoms with Crippen LogP contribution in [-0.2, 0) is 4.79 Å². The minimum atomic E-state index is -0.135. The van der Waals surface area contributed by atoms with Gasteiger partial charge in [-0.15, -0.1) is 0 Å². The van der Waals surface area contributed by atoms with E-state index in [1.165, 1.54) is 14.0 Å². The number of anilines is 1. The summed E-state index contributed by atoms with van der Waals surface area (Å²) in [4.78, 5) is 27.7. The van der Waals surface area contributed by atoms with Gasteiger partial charge in [0.2, 0.25) is 5.91 Å². The lowest BCUT2D eigenvalue weighted by Crippen LogP contribution is -2.13. The van der Waals surface area contributed by atoms with E-state index in [1.807, 2.05) is 6.07 Å². The Morgan fingerprint density at radius 1 is 1.17 bits per heavy atom. The van der Waals surface area contributed by atoms with Gasteiger partial charge in [0.1, 0.15) is 0 Å². The minimum absolute atomic E-state index is 0.0466. The topological polar surface area (TPSA) is 82.5 Å². The molecule has 0 radical (unpaired) electrons. The van der Waals surface area contributed by atoms with Crippen molar-refractivity contribution in [1.29, 1.82) is 0 Å². The predicted molar refractivity (Wildman–Crippen MR) is 115 cm³/mol. The van der Waals surface area contributed by atoms with Crippen molar-refractivity contribution < 1.29 is 19.1 Å². The monoisotopic (exact) mass is 427 g/mol. The largest absolute Gasteiger partial charge is 0.493 e. The number of ether oxygens (including phenoxy) is 2. The Labute approximate surface area is 179 Å². The van der Waals surface area contributed by atoms with Crippen LogP contribution in [0.1, 0.15) is 30.1 Å². The highest BCUT2D eigenvalue weighted by atomic mass is 35.5. The van der Waals surface area contributed by atoms with E-state index in [9.17, 15) is 9.59 Å². The summed E-state index contributed by atoms with van der Waals surface area (Å²) in [5, 5.41) is 3.34. The molecule has 8 heteroatoms. The van der Waals surface area contributed by atoms with Crippen LogP contribution < -0.4 is 14.8 Å². The second kappa shape index (κ2) is 9.93. The maximum absolute atomic E-state index is 12.2. The number of nitrogens with zero attached hydrogens (tertiary/aromatic N) is 2. The third-order valence-electron chi connectivity index (χ3n) is 4.39. The van der Waals surface area contributed by atoms with Crippen molar-refractivity contribution in [2.45, 2.75) is 19.8 Å². The number of Topliss-reactive ketones (excluding diaryl/α,β-unsaturated/α-hetero) is 1. The molecule has 1 N–H and O–H groups in total. The number of amides is 1. The van der Waals surface area contributed by atoms with Crippen LogP contribution in [0.2, 0.25) is 5.02 Å². The van der Waals surface area contributed by atoms with Crippen LogP contribution in [-0.4, -0.2) is 35.0 Å². The van der Waals surface area contributed by atoms with Crippen molar-refractivity contribution >= 4 is 29.0 Å². The molecular formula is C22H22ClN3O4. The summed E-state index contributed by atoms with van der Waals surface area (Å²) < 4.78 is 12.8. The molecule has 3 rings (SSSR count). The number of carbonyl (C=O) groups is 2. The number of ketones is 1. The number of methoxy groups -OCH3 is 1. The molecule has 0 aliphatic carbocycles. The summed E-state index contributed by atoms with van der Waals surface area (Å²) in [5.41, 5.74) is 1.96. The number of nitrogens with one attached hydrogen (secondary N) is 1. The van der Waals surface area contributed by atoms with E-state index in [-0.39, 0.29) is 18.1 Å². The van der Waals surface area contributed by atoms with Gasteiger partial charge in [0.25, 0.3) is 0 Å². The number of hydrogen-bond acceptors (Lipinski definition) is 5. The highest BCUT2D eigenvalue weighted by Gasteiger charge is 2.10. The number of halogens is 1. The SMILES string of the molecule is COc1cc(C(C)=O)ccc1OCCCC(=O)Nc1ccc(-n2ccnc2)c(Cl)c1. The number of benzene rings is 2. The Balaban J connectivity index is 1.49. The Morgan fingerprint density at radius 3 is 2.67 bits per heavy atom. The van der Waals surface area contributed by atoms with Crippen molar-refractivity contribution in [3.63, 3.8) is 0 Å². The normalized spacial score (nSPS) is 10.5. The van der Waals surface area contributed by atoms with Crippen LogP contribution in [0.15, 0.2) is 55.1 Å². The first-order valence-corrected chi connectivity index (χ1v) is 9.75. The molecule has 1 amide bonds. The Bertz CT molecular complexity index is 1030. The van der Waals surface area contributed by atoms with Crippen LogP contribution >= 0.6 is 11.6 Å². The smallest absolute Gasteiger partial charge is 0.224 e. The van der Waals surface area contributed by atoms with Crippen LogP contribution in [0, 0.1) is 0 Å². The lowest BCUT2D eigenvalue weighted by Gasteiger charge is -2.12. The van der Waals surface area contributed by atoms with E-state index in [0.29, 0.717) is 40.8 Å². The zero-order valence-electron chi connectivity index (χ0n) is 16.7. The van der Waals surface area contributed by atoms with Crippen molar-refractivity contribution in [1.82, 2.24) is 9.55 Å². The molecule has 1 aromatic heterocycles. The maximum atomic E-state index is 12.2. The number of carbonyl (C=O) groups excluding carboxylic acids is 2. The summed E-state index contributed by atoms with van der Waals surface area (Å²) in [5.74, 6) is 0.836. The third-order valence-corrected chi connectivity index (χ3v) is 4.69. The van der Waals surface area contributed by atoms with E-state index < -0.39 is 0 Å². The molecule has 0 atom stereocenters. The second-order valence-corrected chi connectivity index (χ2v) is 6.97. The summed E-state index contributed by atoms with van der Waals surface area (Å²) >= 11 is 6.31. The second-order valence-electron chi connectivity index (χ2n) is 6.56. The van der Waals surface area contributed by atoms with Crippen molar-refractivity contribution in [3.8, 4) is 17.2 Å². The maximum Gasteiger partial charge on any atom is 0.224 e. The molecule has 0 aliphatic rings.